The minimum absolute atomic E-state index is 0.176. The van der Waals surface area contributed by atoms with E-state index < -0.39 is 0 Å². The van der Waals surface area contributed by atoms with Crippen LogP contribution in [0.5, 0.6) is 0 Å². The van der Waals surface area contributed by atoms with Crippen LogP contribution in [0.15, 0.2) is 71.9 Å². The Balaban J connectivity index is 1.15. The topological polar surface area (TPSA) is 15.7 Å². The molecule has 0 radical (unpaired) electrons. The summed E-state index contributed by atoms with van der Waals surface area (Å²) < 4.78 is 7.85. The van der Waals surface area contributed by atoms with Crippen LogP contribution in [-0.2, 0) is 4.74 Å². The molecule has 0 bridgehead atoms. The predicted molar refractivity (Wildman–Crippen MR) is 195 cm³/mol. The Kier molecular flexibility index (Phi) is 7.37. The second-order valence-electron chi connectivity index (χ2n) is 18.0. The highest BCUT2D eigenvalue weighted by molar-refractivity contribution is 6.65. The molecule has 4 heterocycles. The van der Waals surface area contributed by atoms with Gasteiger partial charge in [0.2, 0.25) is 0 Å². The molecule has 47 heavy (non-hydrogen) atoms. The van der Waals surface area contributed by atoms with Crippen molar-refractivity contribution in [1.82, 2.24) is 9.80 Å². The third-order valence-corrected chi connectivity index (χ3v) is 16.2. The third kappa shape index (κ3) is 4.22. The number of ether oxygens (including phenoxy) is 1. The molecular formula is C43H59BN2O. The number of fused-ring (bicyclic) bond motifs is 5. The van der Waals surface area contributed by atoms with Crippen molar-refractivity contribution < 1.29 is 4.74 Å². The number of allylic oxidation sites excluding steroid dienone is 6. The summed E-state index contributed by atoms with van der Waals surface area (Å²) in [4.78, 5) is 6.38. The van der Waals surface area contributed by atoms with Gasteiger partial charge >= 0.3 is 0 Å². The molecule has 4 aliphatic heterocycles. The highest BCUT2D eigenvalue weighted by atomic mass is 16.5. The highest BCUT2D eigenvalue weighted by Gasteiger charge is 2.74. The largest absolute Gasteiger partial charge is 0.376 e. The Hall–Kier alpha value is -1.62. The molecule has 0 aromatic heterocycles. The van der Waals surface area contributed by atoms with Crippen LogP contribution in [0.3, 0.4) is 0 Å². The first-order chi connectivity index (χ1) is 23.1. The number of hydrogen-bond acceptors (Lipinski definition) is 3. The molecule has 6 aliphatic carbocycles. The van der Waals surface area contributed by atoms with Crippen LogP contribution in [0.25, 0.3) is 0 Å². The molecule has 6 fully saturated rings. The van der Waals surface area contributed by atoms with Gasteiger partial charge < -0.3 is 4.74 Å². The molecular weight excluding hydrogens is 571 g/mol. The van der Waals surface area contributed by atoms with Gasteiger partial charge in [0.15, 0.2) is 6.71 Å². The van der Waals surface area contributed by atoms with Gasteiger partial charge in [-0.15, -0.1) is 0 Å². The quantitative estimate of drug-likeness (QED) is 0.228. The normalized spacial score (nSPS) is 46.2. The van der Waals surface area contributed by atoms with E-state index in [4.69, 9.17) is 4.74 Å². The molecule has 0 N–H and O–H groups in total. The molecule has 11 atom stereocenters. The van der Waals surface area contributed by atoms with E-state index in [1.54, 1.807) is 5.57 Å². The predicted octanol–water partition coefficient (Wildman–Crippen LogP) is 9.41. The van der Waals surface area contributed by atoms with E-state index in [0.29, 0.717) is 54.0 Å². The van der Waals surface area contributed by atoms with E-state index in [9.17, 15) is 0 Å². The van der Waals surface area contributed by atoms with E-state index in [-0.39, 0.29) is 11.6 Å². The summed E-state index contributed by atoms with van der Waals surface area (Å²) in [6, 6.07) is 3.19. The summed E-state index contributed by atoms with van der Waals surface area (Å²) in [7, 11) is 0. The Morgan fingerprint density at radius 1 is 0.766 bits per heavy atom. The summed E-state index contributed by atoms with van der Waals surface area (Å²) in [5, 5.41) is 0. The van der Waals surface area contributed by atoms with E-state index in [0.717, 1.165) is 24.2 Å². The maximum Gasteiger partial charge on any atom is 0.189 e. The van der Waals surface area contributed by atoms with Crippen molar-refractivity contribution in [3.63, 3.8) is 0 Å². The molecule has 1 spiro atoms. The molecule has 3 nitrogen and oxygen atoms in total. The maximum absolute atomic E-state index is 7.85. The van der Waals surface area contributed by atoms with E-state index in [2.05, 4.69) is 84.4 Å². The smallest absolute Gasteiger partial charge is 0.189 e. The van der Waals surface area contributed by atoms with Crippen molar-refractivity contribution >= 4 is 6.71 Å². The van der Waals surface area contributed by atoms with Crippen LogP contribution < -0.4 is 0 Å². The average molecular weight is 631 g/mol. The van der Waals surface area contributed by atoms with E-state index in [1.165, 1.54) is 102 Å². The molecule has 250 valence electrons. The van der Waals surface area contributed by atoms with Crippen LogP contribution in [0.1, 0.15) is 117 Å². The Morgan fingerprint density at radius 2 is 1.57 bits per heavy atom. The van der Waals surface area contributed by atoms with Gasteiger partial charge in [0.05, 0.1) is 6.10 Å². The zero-order chi connectivity index (χ0) is 31.3. The van der Waals surface area contributed by atoms with Crippen molar-refractivity contribution in [1.29, 1.82) is 0 Å². The molecule has 0 aromatic rings. The Morgan fingerprint density at radius 3 is 2.32 bits per heavy atom. The Labute approximate surface area is 285 Å². The maximum atomic E-state index is 7.85. The van der Waals surface area contributed by atoms with E-state index in [1.807, 2.05) is 0 Å². The molecule has 2 saturated carbocycles. The average Bonchev–Trinajstić information content (AvgIpc) is 3.60. The lowest BCUT2D eigenvalue weighted by atomic mass is 9.21. The third-order valence-electron chi connectivity index (χ3n) is 16.2. The van der Waals surface area contributed by atoms with Crippen LogP contribution in [0.4, 0.5) is 0 Å². The Bertz CT molecular complexity index is 1430. The second-order valence-corrected chi connectivity index (χ2v) is 18.0. The molecule has 10 rings (SSSR count). The fourth-order valence-electron chi connectivity index (χ4n) is 14.7. The van der Waals surface area contributed by atoms with Crippen molar-refractivity contribution in [3.05, 3.63) is 71.9 Å². The lowest BCUT2D eigenvalue weighted by Gasteiger charge is -2.65. The monoisotopic (exact) mass is 630 g/mol. The van der Waals surface area contributed by atoms with Crippen LogP contribution in [0, 0.1) is 17.3 Å². The minimum atomic E-state index is 0.176. The summed E-state index contributed by atoms with van der Waals surface area (Å²) in [5.74, 6) is 2.73. The molecule has 0 aromatic carbocycles. The molecule has 10 aliphatic rings. The molecule has 4 heteroatoms. The first-order valence-electron chi connectivity index (χ1n) is 20.4. The molecule has 0 amide bonds. The lowest BCUT2D eigenvalue weighted by molar-refractivity contribution is -0.0386. The summed E-state index contributed by atoms with van der Waals surface area (Å²) in [5.41, 5.74) is 3.84. The first kappa shape index (κ1) is 30.2. The number of rotatable bonds is 3. The van der Waals surface area contributed by atoms with Gasteiger partial charge in [0.1, 0.15) is 0 Å². The SMILES string of the molecule is CC1(C)N2C3CC=CC4C3B(C3CCCC(C32)C12CCCCC2)C1OC(C2=CCCC=C2)C(C2=CCCC=C2)C1N4C1C=CCCC1. The number of nitrogens with zero attached hydrogens (tertiary/aromatic N) is 2. The van der Waals surface area contributed by atoms with Gasteiger partial charge in [-0.05, 0) is 119 Å². The van der Waals surface area contributed by atoms with Crippen molar-refractivity contribution in [3.8, 4) is 0 Å². The van der Waals surface area contributed by atoms with Gasteiger partial charge in [0.25, 0.3) is 0 Å². The first-order valence-corrected chi connectivity index (χ1v) is 20.4. The summed E-state index contributed by atoms with van der Waals surface area (Å²) in [6.07, 6.45) is 47.2. The van der Waals surface area contributed by atoms with Crippen molar-refractivity contribution in [2.45, 2.75) is 176 Å². The molecule has 4 saturated heterocycles. The lowest BCUT2D eigenvalue weighted by Crippen LogP contribution is -2.75. The van der Waals surface area contributed by atoms with Gasteiger partial charge in [0, 0.05) is 47.7 Å². The van der Waals surface area contributed by atoms with Crippen LogP contribution in [0.2, 0.25) is 11.6 Å². The van der Waals surface area contributed by atoms with E-state index >= 15 is 0 Å². The molecule has 11 unspecified atom stereocenters. The fraction of sp³-hybridized carbons (Fsp3) is 0.721. The van der Waals surface area contributed by atoms with Crippen molar-refractivity contribution in [2.75, 3.05) is 0 Å². The standard InChI is InChI=1S/C43H59BN2O/c1-42(2)43(27-13-6-14-28-43)32-23-15-24-33-38(32)46(42)35-26-16-25-34-37(35)44(33)41-39(45(34)31-21-11-5-12-22-31)36(29-17-7-3-8-18-29)40(47-41)30-19-9-4-10-20-30/h7,9,11,16-21,25,31-41H,3-6,8,10,12-15,22-24,26-28H2,1-2H3. The minimum Gasteiger partial charge on any atom is -0.376 e. The van der Waals surface area contributed by atoms with Gasteiger partial charge in [-0.3, -0.25) is 9.80 Å². The number of hydrogen-bond donors (Lipinski definition) is 0. The van der Waals surface area contributed by atoms with Crippen LogP contribution >= 0.6 is 0 Å². The fourth-order valence-corrected chi connectivity index (χ4v) is 14.7. The van der Waals surface area contributed by atoms with Crippen molar-refractivity contribution in [2.24, 2.45) is 17.3 Å². The zero-order valence-electron chi connectivity index (χ0n) is 29.3. The highest BCUT2D eigenvalue weighted by Crippen LogP contribution is 2.70. The van der Waals surface area contributed by atoms with Gasteiger partial charge in [-0.25, -0.2) is 0 Å². The summed E-state index contributed by atoms with van der Waals surface area (Å²) >= 11 is 0. The van der Waals surface area contributed by atoms with Gasteiger partial charge in [-0.2, -0.15) is 0 Å². The zero-order valence-corrected chi connectivity index (χ0v) is 29.3. The van der Waals surface area contributed by atoms with Crippen LogP contribution in [-0.4, -0.2) is 64.4 Å². The summed E-state index contributed by atoms with van der Waals surface area (Å²) in [6.45, 7) is 6.13. The second kappa shape index (κ2) is 11.5. The van der Waals surface area contributed by atoms with Gasteiger partial charge in [-0.1, -0.05) is 92.9 Å².